The number of methoxy groups -OCH3 is 1. The summed E-state index contributed by atoms with van der Waals surface area (Å²) in [6.45, 7) is 1.81. The van der Waals surface area contributed by atoms with Gasteiger partial charge in [0.2, 0.25) is 0 Å². The maximum Gasteiger partial charge on any atom is 0.317 e. The first-order valence-electron chi connectivity index (χ1n) is 13.4. The normalized spacial score (nSPS) is 24.9. The molecule has 2 fully saturated rings. The number of rotatable bonds is 12. The van der Waals surface area contributed by atoms with E-state index in [1.54, 1.807) is 18.1 Å². The van der Waals surface area contributed by atoms with Crippen molar-refractivity contribution in [3.05, 3.63) is 34.6 Å². The van der Waals surface area contributed by atoms with Crippen LogP contribution in [-0.4, -0.2) is 81.4 Å². The quantitative estimate of drug-likeness (QED) is 0.339. The maximum atomic E-state index is 15.1. The van der Waals surface area contributed by atoms with Crippen LogP contribution in [-0.2, 0) is 15.1 Å². The molecule has 37 heavy (non-hydrogen) atoms. The minimum atomic E-state index is -1.67. The molecule has 0 spiro atoms. The van der Waals surface area contributed by atoms with E-state index in [1.807, 2.05) is 7.05 Å². The summed E-state index contributed by atoms with van der Waals surface area (Å²) in [6, 6.07) is 4.22. The third kappa shape index (κ3) is 8.23. The first-order valence-corrected chi connectivity index (χ1v) is 13.8. The minimum Gasteiger partial charge on any atom is -0.385 e. The van der Waals surface area contributed by atoms with Crippen LogP contribution in [0.2, 0.25) is 5.02 Å². The zero-order valence-corrected chi connectivity index (χ0v) is 22.7. The van der Waals surface area contributed by atoms with Crippen LogP contribution in [0.5, 0.6) is 0 Å². The van der Waals surface area contributed by atoms with E-state index in [2.05, 4.69) is 10.6 Å². The molecule has 0 aromatic heterocycles. The smallest absolute Gasteiger partial charge is 0.317 e. The molecule has 1 saturated heterocycles. The molecule has 1 saturated carbocycles. The number of carbonyl (C=O) groups excluding carboxylic acids is 1. The van der Waals surface area contributed by atoms with Crippen LogP contribution in [0, 0.1) is 11.7 Å². The highest BCUT2D eigenvalue weighted by Gasteiger charge is 2.44. The summed E-state index contributed by atoms with van der Waals surface area (Å²) in [7, 11) is 3.45. The Kier molecular flexibility index (Phi) is 11.8. The van der Waals surface area contributed by atoms with Gasteiger partial charge in [-0.05, 0) is 70.4 Å². The number of amides is 2. The highest BCUT2D eigenvalue weighted by atomic mass is 35.5. The average Bonchev–Trinajstić information content (AvgIpc) is 2.89. The molecule has 3 N–H and O–H groups in total. The molecule has 1 heterocycles. The lowest BCUT2D eigenvalue weighted by Crippen LogP contribution is -2.58. The van der Waals surface area contributed by atoms with E-state index < -0.39 is 23.7 Å². The minimum absolute atomic E-state index is 0.0706. The fraction of sp³-hybridized carbons (Fsp3) is 0.741. The zero-order valence-electron chi connectivity index (χ0n) is 22.0. The number of alkyl halides is 1. The lowest BCUT2D eigenvalue weighted by molar-refractivity contribution is -0.147. The molecule has 7 nitrogen and oxygen atoms in total. The topological polar surface area (TPSA) is 83.1 Å². The SMILES string of the molecule is CNCC(CC1CCC(F)CC1)NC(=O)N1CCO[C@H]([C@@](O)(CCCCOC)c2cccc(Cl)c2F)C1. The van der Waals surface area contributed by atoms with E-state index in [-0.39, 0.29) is 42.2 Å². The Balaban J connectivity index is 1.70. The van der Waals surface area contributed by atoms with Gasteiger partial charge in [0.25, 0.3) is 0 Å². The van der Waals surface area contributed by atoms with Gasteiger partial charge >= 0.3 is 6.03 Å². The van der Waals surface area contributed by atoms with Crippen LogP contribution >= 0.6 is 11.6 Å². The van der Waals surface area contributed by atoms with E-state index in [4.69, 9.17) is 21.1 Å². The van der Waals surface area contributed by atoms with Crippen molar-refractivity contribution in [2.24, 2.45) is 5.92 Å². The highest BCUT2D eigenvalue weighted by molar-refractivity contribution is 6.30. The number of unbranched alkanes of at least 4 members (excludes halogenated alkanes) is 1. The van der Waals surface area contributed by atoms with Crippen LogP contribution in [0.15, 0.2) is 18.2 Å². The van der Waals surface area contributed by atoms with Crippen LogP contribution < -0.4 is 10.6 Å². The van der Waals surface area contributed by atoms with Gasteiger partial charge in [0.05, 0.1) is 18.2 Å². The number of ether oxygens (including phenoxy) is 2. The number of nitrogens with one attached hydrogen (secondary N) is 2. The third-order valence-electron chi connectivity index (χ3n) is 7.63. The fourth-order valence-electron chi connectivity index (χ4n) is 5.54. The number of hydrogen-bond acceptors (Lipinski definition) is 5. The number of likely N-dealkylation sites (N-methyl/N-ethyl adjacent to an activating group) is 1. The molecule has 0 radical (unpaired) electrons. The summed E-state index contributed by atoms with van der Waals surface area (Å²) < 4.78 is 39.7. The summed E-state index contributed by atoms with van der Waals surface area (Å²) in [5.41, 5.74) is -1.60. The van der Waals surface area contributed by atoms with E-state index >= 15 is 4.39 Å². The molecule has 0 bridgehead atoms. The van der Waals surface area contributed by atoms with Crippen molar-refractivity contribution >= 4 is 17.6 Å². The van der Waals surface area contributed by atoms with Crippen LogP contribution in [0.3, 0.4) is 0 Å². The Morgan fingerprint density at radius 1 is 1.32 bits per heavy atom. The standard InChI is InChI=1S/C27H42ClF2N3O4/c1-31-17-21(16-19-8-10-20(29)11-9-19)32-26(34)33-13-15-37-24(18-33)27(35,12-3-4-14-36-2)22-6-5-7-23(28)25(22)30/h5-7,19-21,24,31,35H,3-4,8-18H2,1-2H3,(H,32,34)/t19?,20?,21?,24-,27+/m0/s1. The predicted octanol–water partition coefficient (Wildman–Crippen LogP) is 4.40. The molecular weight excluding hydrogens is 504 g/mol. The Morgan fingerprint density at radius 3 is 2.78 bits per heavy atom. The number of carbonyl (C=O) groups is 1. The molecular formula is C27H42ClF2N3O4. The number of hydrogen-bond donors (Lipinski definition) is 3. The van der Waals surface area contributed by atoms with Gasteiger partial charge < -0.3 is 30.1 Å². The second kappa shape index (κ2) is 14.6. The van der Waals surface area contributed by atoms with Crippen LogP contribution in [0.1, 0.15) is 56.9 Å². The van der Waals surface area contributed by atoms with Gasteiger partial charge in [-0.1, -0.05) is 23.7 Å². The maximum absolute atomic E-state index is 15.1. The Morgan fingerprint density at radius 2 is 2.08 bits per heavy atom. The van der Waals surface area contributed by atoms with Gasteiger partial charge in [-0.3, -0.25) is 0 Å². The van der Waals surface area contributed by atoms with Gasteiger partial charge in [-0.2, -0.15) is 0 Å². The van der Waals surface area contributed by atoms with Gasteiger partial charge in [-0.15, -0.1) is 0 Å². The summed E-state index contributed by atoms with van der Waals surface area (Å²) in [5, 5.41) is 18.0. The summed E-state index contributed by atoms with van der Waals surface area (Å²) >= 11 is 6.05. The van der Waals surface area contributed by atoms with E-state index in [9.17, 15) is 14.3 Å². The van der Waals surface area contributed by atoms with E-state index in [0.29, 0.717) is 51.3 Å². The number of aliphatic hydroxyl groups is 1. The molecule has 10 heteroatoms. The highest BCUT2D eigenvalue weighted by Crippen LogP contribution is 2.38. The van der Waals surface area contributed by atoms with Crippen molar-refractivity contribution in [1.82, 2.24) is 15.5 Å². The van der Waals surface area contributed by atoms with E-state index in [0.717, 1.165) is 19.3 Å². The van der Waals surface area contributed by atoms with Crippen molar-refractivity contribution in [3.8, 4) is 0 Å². The van der Waals surface area contributed by atoms with Crippen molar-refractivity contribution in [1.29, 1.82) is 0 Å². The number of halogens is 3. The molecule has 1 aliphatic carbocycles. The van der Waals surface area contributed by atoms with Crippen molar-refractivity contribution < 1.29 is 28.2 Å². The summed E-state index contributed by atoms with van der Waals surface area (Å²) in [4.78, 5) is 14.9. The van der Waals surface area contributed by atoms with Crippen LogP contribution in [0.25, 0.3) is 0 Å². The van der Waals surface area contributed by atoms with E-state index in [1.165, 1.54) is 12.1 Å². The van der Waals surface area contributed by atoms with Gasteiger partial charge in [-0.25, -0.2) is 13.6 Å². The first kappa shape index (κ1) is 30.0. The second-order valence-corrected chi connectivity index (χ2v) is 10.7. The number of morpholine rings is 1. The third-order valence-corrected chi connectivity index (χ3v) is 7.92. The number of urea groups is 1. The monoisotopic (exact) mass is 545 g/mol. The second-order valence-electron chi connectivity index (χ2n) is 10.3. The number of nitrogens with zero attached hydrogens (tertiary/aromatic N) is 1. The Bertz CT molecular complexity index is 859. The molecule has 3 atom stereocenters. The Labute approximate surface area is 224 Å². The van der Waals surface area contributed by atoms with Crippen molar-refractivity contribution in [3.63, 3.8) is 0 Å². The molecule has 3 rings (SSSR count). The Hall–Kier alpha value is -1.52. The summed E-state index contributed by atoms with van der Waals surface area (Å²) in [5.74, 6) is -0.299. The first-order chi connectivity index (χ1) is 17.8. The molecule has 1 aromatic carbocycles. The zero-order chi connectivity index (χ0) is 26.8. The summed E-state index contributed by atoms with van der Waals surface area (Å²) in [6.07, 6.45) is 3.56. The lowest BCUT2D eigenvalue weighted by atomic mass is 9.82. The molecule has 210 valence electrons. The molecule has 1 unspecified atom stereocenters. The van der Waals surface area contributed by atoms with Crippen molar-refractivity contribution in [2.45, 2.75) is 75.3 Å². The molecule has 1 aromatic rings. The van der Waals surface area contributed by atoms with Gasteiger partial charge in [0, 0.05) is 38.4 Å². The largest absolute Gasteiger partial charge is 0.385 e. The van der Waals surface area contributed by atoms with Crippen LogP contribution in [0.4, 0.5) is 13.6 Å². The van der Waals surface area contributed by atoms with Gasteiger partial charge in [0.15, 0.2) is 0 Å². The molecule has 1 aliphatic heterocycles. The fourth-order valence-corrected chi connectivity index (χ4v) is 5.71. The molecule has 2 amide bonds. The van der Waals surface area contributed by atoms with Gasteiger partial charge in [0.1, 0.15) is 23.7 Å². The number of benzene rings is 1. The predicted molar refractivity (Wildman–Crippen MR) is 140 cm³/mol. The molecule has 2 aliphatic rings. The van der Waals surface area contributed by atoms with Crippen molar-refractivity contribution in [2.75, 3.05) is 47.0 Å². The average molecular weight is 546 g/mol. The lowest BCUT2D eigenvalue weighted by Gasteiger charge is -2.43.